The molecule has 0 aliphatic carbocycles. The molecule has 28 heavy (non-hydrogen) atoms. The molecule has 0 radical (unpaired) electrons. The van der Waals surface area contributed by atoms with Gasteiger partial charge in [-0.05, 0) is 38.7 Å². The van der Waals surface area contributed by atoms with Crippen LogP contribution in [-0.4, -0.2) is 0 Å². The summed E-state index contributed by atoms with van der Waals surface area (Å²) in [6, 6.07) is 30.2. The molecular weight excluding hydrogens is 336 g/mol. The summed E-state index contributed by atoms with van der Waals surface area (Å²) >= 11 is 0. The Morgan fingerprint density at radius 1 is 0.393 bits per heavy atom. The zero-order valence-electron chi connectivity index (χ0n) is 17.1. The van der Waals surface area contributed by atoms with Gasteiger partial charge in [-0.15, -0.1) is 0 Å². The Morgan fingerprint density at radius 3 is 1.54 bits per heavy atom. The minimum Gasteiger partial charge on any atom is -0.0776 e. The highest BCUT2D eigenvalue weighted by Gasteiger charge is 2.02. The molecule has 4 rings (SSSR count). The van der Waals surface area contributed by atoms with E-state index in [1.54, 1.807) is 0 Å². The van der Waals surface area contributed by atoms with E-state index in [9.17, 15) is 0 Å². The van der Waals surface area contributed by atoms with E-state index < -0.39 is 0 Å². The largest absolute Gasteiger partial charge is 0.0776 e. The lowest BCUT2D eigenvalue weighted by atomic mass is 9.97. The quantitative estimate of drug-likeness (QED) is 0.290. The van der Waals surface area contributed by atoms with Crippen LogP contribution in [0.3, 0.4) is 0 Å². The minimum atomic E-state index is 0. The monoisotopic (exact) mass is 376 g/mol. The van der Waals surface area contributed by atoms with Gasteiger partial charge in [-0.25, -0.2) is 0 Å². The van der Waals surface area contributed by atoms with Gasteiger partial charge in [0.05, 0.1) is 0 Å². The lowest BCUT2D eigenvalue weighted by Crippen LogP contribution is -1.80. The molecule has 4 aromatic carbocycles. The highest BCUT2D eigenvalue weighted by Crippen LogP contribution is 2.29. The Bertz CT molecular complexity index is 889. The van der Waals surface area contributed by atoms with Gasteiger partial charge < -0.3 is 0 Å². The van der Waals surface area contributed by atoms with Crippen molar-refractivity contribution in [3.63, 3.8) is 0 Å². The molecule has 0 saturated carbocycles. The summed E-state index contributed by atoms with van der Waals surface area (Å²) in [5, 5.41) is 5.24. The molecule has 0 fully saturated rings. The molecule has 0 amide bonds. The molecule has 0 atom stereocenters. The van der Waals surface area contributed by atoms with Crippen LogP contribution in [0.15, 0.2) is 84.9 Å². The molecule has 4 aromatic rings. The molecule has 0 heterocycles. The summed E-state index contributed by atoms with van der Waals surface area (Å²) in [6.07, 6.45) is 0. The summed E-state index contributed by atoms with van der Waals surface area (Å²) < 4.78 is 0. The lowest BCUT2D eigenvalue weighted by molar-refractivity contribution is 1.50. The van der Waals surface area contributed by atoms with Crippen molar-refractivity contribution in [2.75, 3.05) is 0 Å². The molecule has 0 unspecified atom stereocenters. The van der Waals surface area contributed by atoms with Crippen LogP contribution in [0.25, 0.3) is 32.7 Å². The maximum atomic E-state index is 2.27. The normalized spacial score (nSPS) is 8.50. The second-order valence-corrected chi connectivity index (χ2v) is 5.09. The van der Waals surface area contributed by atoms with Crippen LogP contribution in [0.5, 0.6) is 0 Å². The average molecular weight is 377 g/mol. The second kappa shape index (κ2) is 15.5. The van der Waals surface area contributed by atoms with Crippen molar-refractivity contribution in [2.45, 2.75) is 56.4 Å². The number of rotatable bonds is 1. The maximum Gasteiger partial charge on any atom is -0.0105 e. The number of fused-ring (bicyclic) bond motifs is 3. The van der Waals surface area contributed by atoms with Crippen LogP contribution in [0.1, 0.15) is 56.4 Å². The van der Waals surface area contributed by atoms with Gasteiger partial charge in [0.25, 0.3) is 0 Å². The predicted molar refractivity (Wildman–Crippen MR) is 134 cm³/mol. The Labute approximate surface area is 174 Å². The molecule has 0 aliphatic rings. The van der Waals surface area contributed by atoms with Gasteiger partial charge in [-0.2, -0.15) is 0 Å². The van der Waals surface area contributed by atoms with Crippen molar-refractivity contribution in [1.29, 1.82) is 0 Å². The van der Waals surface area contributed by atoms with Gasteiger partial charge >= 0.3 is 0 Å². The standard InChI is InChI=1S/C20H14.3C2H6.2CH4/c1-2-6-15(7-3-1)17-12-13-20-18(14-17)11-10-16-8-4-5-9-19(16)20;3*1-2;;/h1-14H;3*1-2H3;2*1H4. The van der Waals surface area contributed by atoms with Crippen molar-refractivity contribution in [3.8, 4) is 11.1 Å². The smallest absolute Gasteiger partial charge is 0.0105 e. The van der Waals surface area contributed by atoms with Crippen molar-refractivity contribution in [1.82, 2.24) is 0 Å². The summed E-state index contributed by atoms with van der Waals surface area (Å²) in [5.74, 6) is 0. The molecule has 152 valence electrons. The van der Waals surface area contributed by atoms with Gasteiger partial charge in [0.2, 0.25) is 0 Å². The van der Waals surface area contributed by atoms with Gasteiger partial charge in [0, 0.05) is 0 Å². The Kier molecular flexibility index (Phi) is 15.2. The maximum absolute atomic E-state index is 2.27. The van der Waals surface area contributed by atoms with Gasteiger partial charge in [0.15, 0.2) is 0 Å². The van der Waals surface area contributed by atoms with Gasteiger partial charge in [-0.1, -0.05) is 135 Å². The number of hydrogen-bond acceptors (Lipinski definition) is 0. The van der Waals surface area contributed by atoms with E-state index in [0.717, 1.165) is 0 Å². The first-order valence-electron chi connectivity index (χ1n) is 9.89. The van der Waals surface area contributed by atoms with E-state index in [0.29, 0.717) is 0 Å². The zero-order chi connectivity index (χ0) is 19.4. The fraction of sp³-hybridized carbons (Fsp3) is 0.286. The van der Waals surface area contributed by atoms with Crippen molar-refractivity contribution >= 4 is 21.5 Å². The fourth-order valence-corrected chi connectivity index (χ4v) is 2.82. The molecule has 0 heteroatoms. The summed E-state index contributed by atoms with van der Waals surface area (Å²) in [5.41, 5.74) is 2.54. The van der Waals surface area contributed by atoms with Gasteiger partial charge in [0.1, 0.15) is 0 Å². The lowest BCUT2D eigenvalue weighted by Gasteiger charge is -2.07. The van der Waals surface area contributed by atoms with Crippen LogP contribution >= 0.6 is 0 Å². The van der Waals surface area contributed by atoms with E-state index in [4.69, 9.17) is 0 Å². The Hall–Kier alpha value is -2.60. The second-order valence-electron chi connectivity index (χ2n) is 5.09. The van der Waals surface area contributed by atoms with Crippen molar-refractivity contribution in [2.24, 2.45) is 0 Å². The van der Waals surface area contributed by atoms with Gasteiger partial charge in [-0.3, -0.25) is 0 Å². The summed E-state index contributed by atoms with van der Waals surface area (Å²) in [6.45, 7) is 12.0. The first kappa shape index (κ1) is 27.6. The average Bonchev–Trinajstić information content (AvgIpc) is 2.78. The molecule has 0 aliphatic heterocycles. The molecule has 0 N–H and O–H groups in total. The van der Waals surface area contributed by atoms with Crippen LogP contribution < -0.4 is 0 Å². The number of hydrogen-bond donors (Lipinski definition) is 0. The first-order chi connectivity index (χ1) is 12.9. The molecule has 0 spiro atoms. The van der Waals surface area contributed by atoms with Crippen molar-refractivity contribution < 1.29 is 0 Å². The highest BCUT2D eigenvalue weighted by atomic mass is 14.1. The van der Waals surface area contributed by atoms with E-state index in [1.807, 2.05) is 41.5 Å². The van der Waals surface area contributed by atoms with E-state index in [1.165, 1.54) is 32.7 Å². The van der Waals surface area contributed by atoms with Crippen LogP contribution in [-0.2, 0) is 0 Å². The third kappa shape index (κ3) is 6.53. The molecule has 0 bridgehead atoms. The van der Waals surface area contributed by atoms with Crippen LogP contribution in [0.2, 0.25) is 0 Å². The van der Waals surface area contributed by atoms with Crippen LogP contribution in [0.4, 0.5) is 0 Å². The zero-order valence-corrected chi connectivity index (χ0v) is 17.1. The summed E-state index contributed by atoms with van der Waals surface area (Å²) in [7, 11) is 0. The first-order valence-corrected chi connectivity index (χ1v) is 9.89. The number of benzene rings is 4. The Morgan fingerprint density at radius 2 is 0.893 bits per heavy atom. The topological polar surface area (TPSA) is 0 Å². The predicted octanol–water partition coefficient (Wildman–Crippen LogP) is 10.0. The van der Waals surface area contributed by atoms with Crippen LogP contribution in [0, 0.1) is 0 Å². The Balaban J connectivity index is 0. The highest BCUT2D eigenvalue weighted by molar-refractivity contribution is 6.08. The minimum absolute atomic E-state index is 0. The fourth-order valence-electron chi connectivity index (χ4n) is 2.82. The van der Waals surface area contributed by atoms with E-state index >= 15 is 0 Å². The SMILES string of the molecule is C.C.CC.CC.CC.c1ccc(-c2ccc3c(ccc4ccccc43)c2)cc1. The van der Waals surface area contributed by atoms with E-state index in [-0.39, 0.29) is 14.9 Å². The van der Waals surface area contributed by atoms with Crippen molar-refractivity contribution in [3.05, 3.63) is 84.9 Å². The molecule has 0 aromatic heterocycles. The molecular formula is C28H40. The third-order valence-electron chi connectivity index (χ3n) is 3.85. The summed E-state index contributed by atoms with van der Waals surface area (Å²) in [4.78, 5) is 0. The van der Waals surface area contributed by atoms with E-state index in [2.05, 4.69) is 84.9 Å². The molecule has 0 saturated heterocycles. The third-order valence-corrected chi connectivity index (χ3v) is 3.85. The molecule has 0 nitrogen and oxygen atoms in total.